The second kappa shape index (κ2) is 10.3. The van der Waals surface area contributed by atoms with Crippen LogP contribution in [-0.4, -0.2) is 59.8 Å². The smallest absolute Gasteiger partial charge is 0.242 e. The third kappa shape index (κ3) is 5.37. The maximum absolute atomic E-state index is 12.6. The van der Waals surface area contributed by atoms with Gasteiger partial charge in [0, 0.05) is 31.9 Å². The molecule has 3 rings (SSSR count). The van der Waals surface area contributed by atoms with E-state index in [1.54, 1.807) is 24.3 Å². The van der Waals surface area contributed by atoms with E-state index in [1.807, 2.05) is 42.7 Å². The van der Waals surface area contributed by atoms with Crippen LogP contribution >= 0.6 is 11.8 Å². The van der Waals surface area contributed by atoms with E-state index in [0.29, 0.717) is 23.1 Å². The van der Waals surface area contributed by atoms with Crippen LogP contribution in [0.2, 0.25) is 0 Å². The summed E-state index contributed by atoms with van der Waals surface area (Å²) in [4.78, 5) is 12.3. The first-order chi connectivity index (χ1) is 15.2. The Morgan fingerprint density at radius 1 is 1.12 bits per heavy atom. The molecular weight excluding hydrogens is 446 g/mol. The summed E-state index contributed by atoms with van der Waals surface area (Å²) in [6.07, 6.45) is 0.867. The van der Waals surface area contributed by atoms with Crippen LogP contribution in [0.1, 0.15) is 18.9 Å². The van der Waals surface area contributed by atoms with Gasteiger partial charge in [0.15, 0.2) is 11.0 Å². The molecule has 0 radical (unpaired) electrons. The lowest BCUT2D eigenvalue weighted by molar-refractivity contribution is -0.118. The molecule has 0 saturated heterocycles. The highest BCUT2D eigenvalue weighted by Gasteiger charge is 2.21. The number of benzene rings is 2. The SMILES string of the molecule is CCCNC(=O)CSc1nnc(-c2cccc(S(=O)(=O)N(C)C)c2)n1-c1cccc(C)c1. The van der Waals surface area contributed by atoms with Crippen LogP contribution in [0.3, 0.4) is 0 Å². The third-order valence-electron chi connectivity index (χ3n) is 4.67. The molecule has 10 heteroatoms. The molecule has 1 aromatic heterocycles. The summed E-state index contributed by atoms with van der Waals surface area (Å²) in [6.45, 7) is 4.61. The van der Waals surface area contributed by atoms with Gasteiger partial charge in [-0.15, -0.1) is 10.2 Å². The van der Waals surface area contributed by atoms with E-state index in [-0.39, 0.29) is 16.6 Å². The number of carbonyl (C=O) groups excluding carboxylic acids is 1. The largest absolute Gasteiger partial charge is 0.355 e. The molecule has 0 saturated carbocycles. The second-order valence-corrected chi connectivity index (χ2v) is 10.5. The number of aryl methyl sites for hydroxylation is 1. The lowest BCUT2D eigenvalue weighted by atomic mass is 10.2. The number of amides is 1. The van der Waals surface area contributed by atoms with Gasteiger partial charge >= 0.3 is 0 Å². The first kappa shape index (κ1) is 24.0. The molecule has 0 atom stereocenters. The van der Waals surface area contributed by atoms with Crippen LogP contribution in [0.15, 0.2) is 58.6 Å². The topological polar surface area (TPSA) is 97.2 Å². The van der Waals surface area contributed by atoms with Crippen molar-refractivity contribution in [2.45, 2.75) is 30.3 Å². The van der Waals surface area contributed by atoms with Gasteiger partial charge in [0.05, 0.1) is 10.6 Å². The van der Waals surface area contributed by atoms with Gasteiger partial charge in [-0.3, -0.25) is 9.36 Å². The summed E-state index contributed by atoms with van der Waals surface area (Å²) in [6, 6.07) is 14.5. The fourth-order valence-electron chi connectivity index (χ4n) is 3.00. The Bertz CT molecular complexity index is 1210. The van der Waals surface area contributed by atoms with Crippen molar-refractivity contribution in [1.29, 1.82) is 0 Å². The number of carbonyl (C=O) groups is 1. The summed E-state index contributed by atoms with van der Waals surface area (Å²) < 4.78 is 28.3. The number of thioether (sulfide) groups is 1. The zero-order chi connectivity index (χ0) is 23.3. The molecule has 0 aliphatic rings. The predicted octanol–water partition coefficient (Wildman–Crippen LogP) is 3.11. The van der Waals surface area contributed by atoms with Crippen LogP contribution < -0.4 is 5.32 Å². The molecule has 1 N–H and O–H groups in total. The lowest BCUT2D eigenvalue weighted by Crippen LogP contribution is -2.25. The lowest BCUT2D eigenvalue weighted by Gasteiger charge is -2.14. The summed E-state index contributed by atoms with van der Waals surface area (Å²) >= 11 is 1.29. The highest BCUT2D eigenvalue weighted by molar-refractivity contribution is 7.99. The number of aromatic nitrogens is 3. The Morgan fingerprint density at radius 2 is 1.88 bits per heavy atom. The van der Waals surface area contributed by atoms with Crippen molar-refractivity contribution >= 4 is 27.7 Å². The second-order valence-electron chi connectivity index (χ2n) is 7.43. The molecule has 2 aromatic carbocycles. The van der Waals surface area contributed by atoms with Crippen molar-refractivity contribution in [2.24, 2.45) is 0 Å². The minimum atomic E-state index is -3.60. The Morgan fingerprint density at radius 3 is 2.56 bits per heavy atom. The number of sulfonamides is 1. The first-order valence-corrected chi connectivity index (χ1v) is 12.6. The summed E-state index contributed by atoms with van der Waals surface area (Å²) in [5.74, 6) is 0.637. The molecule has 170 valence electrons. The fraction of sp³-hybridized carbons (Fsp3) is 0.318. The fourth-order valence-corrected chi connectivity index (χ4v) is 4.73. The number of nitrogens with one attached hydrogen (secondary N) is 1. The third-order valence-corrected chi connectivity index (χ3v) is 7.41. The standard InChI is InChI=1S/C22H27N5O3S2/c1-5-12-23-20(28)15-31-22-25-24-21(27(22)18-10-6-8-16(2)13-18)17-9-7-11-19(14-17)32(29,30)26(3)4/h6-11,13-14H,5,12,15H2,1-4H3,(H,23,28). The van der Waals surface area contributed by atoms with Crippen LogP contribution in [0.5, 0.6) is 0 Å². The molecule has 0 spiro atoms. The molecule has 32 heavy (non-hydrogen) atoms. The van der Waals surface area contributed by atoms with Gasteiger partial charge in [0.1, 0.15) is 0 Å². The van der Waals surface area contributed by atoms with Crippen LogP contribution in [0.4, 0.5) is 0 Å². The molecule has 0 bridgehead atoms. The number of rotatable bonds is 9. The maximum Gasteiger partial charge on any atom is 0.242 e. The highest BCUT2D eigenvalue weighted by Crippen LogP contribution is 2.29. The quantitative estimate of drug-likeness (QED) is 0.480. The van der Waals surface area contributed by atoms with Crippen molar-refractivity contribution in [2.75, 3.05) is 26.4 Å². The molecule has 0 unspecified atom stereocenters. The van der Waals surface area contributed by atoms with Crippen molar-refractivity contribution in [3.8, 4) is 17.1 Å². The van der Waals surface area contributed by atoms with Gasteiger partial charge in [-0.1, -0.05) is 43.0 Å². The molecule has 0 aliphatic carbocycles. The monoisotopic (exact) mass is 473 g/mol. The number of hydrogen-bond acceptors (Lipinski definition) is 6. The molecule has 3 aromatic rings. The maximum atomic E-state index is 12.6. The van der Waals surface area contributed by atoms with Crippen molar-refractivity contribution in [3.05, 3.63) is 54.1 Å². The molecule has 8 nitrogen and oxygen atoms in total. The highest BCUT2D eigenvalue weighted by atomic mass is 32.2. The normalized spacial score (nSPS) is 11.7. The Kier molecular flexibility index (Phi) is 7.70. The van der Waals surface area contributed by atoms with Crippen molar-refractivity contribution in [1.82, 2.24) is 24.4 Å². The van der Waals surface area contributed by atoms with Gasteiger partial charge < -0.3 is 5.32 Å². The van der Waals surface area contributed by atoms with Gasteiger partial charge in [0.25, 0.3) is 0 Å². The van der Waals surface area contributed by atoms with E-state index < -0.39 is 10.0 Å². The van der Waals surface area contributed by atoms with E-state index in [2.05, 4.69) is 15.5 Å². The Hall–Kier alpha value is -2.69. The summed E-state index contributed by atoms with van der Waals surface area (Å²) in [5, 5.41) is 12.1. The van der Waals surface area contributed by atoms with Gasteiger partial charge in [-0.2, -0.15) is 0 Å². The van der Waals surface area contributed by atoms with Crippen molar-refractivity contribution < 1.29 is 13.2 Å². The van der Waals surface area contributed by atoms with Crippen LogP contribution in [-0.2, 0) is 14.8 Å². The van der Waals surface area contributed by atoms with E-state index in [9.17, 15) is 13.2 Å². The van der Waals surface area contributed by atoms with Crippen LogP contribution in [0.25, 0.3) is 17.1 Å². The van der Waals surface area contributed by atoms with E-state index in [1.165, 1.54) is 30.2 Å². The van der Waals surface area contributed by atoms with E-state index in [4.69, 9.17) is 0 Å². The van der Waals surface area contributed by atoms with Crippen LogP contribution in [0, 0.1) is 6.92 Å². The molecule has 0 aliphatic heterocycles. The molecule has 0 fully saturated rings. The van der Waals surface area contributed by atoms with E-state index in [0.717, 1.165) is 17.7 Å². The minimum absolute atomic E-state index is 0.0729. The number of nitrogens with zero attached hydrogens (tertiary/aromatic N) is 4. The zero-order valence-corrected chi connectivity index (χ0v) is 20.2. The minimum Gasteiger partial charge on any atom is -0.355 e. The molecule has 1 heterocycles. The average molecular weight is 474 g/mol. The average Bonchev–Trinajstić information content (AvgIpc) is 3.20. The van der Waals surface area contributed by atoms with Gasteiger partial charge in [0.2, 0.25) is 15.9 Å². The summed E-state index contributed by atoms with van der Waals surface area (Å²) in [7, 11) is -0.606. The van der Waals surface area contributed by atoms with Gasteiger partial charge in [-0.05, 0) is 43.2 Å². The molecular formula is C22H27N5O3S2. The molecule has 1 amide bonds. The van der Waals surface area contributed by atoms with Crippen molar-refractivity contribution in [3.63, 3.8) is 0 Å². The zero-order valence-electron chi connectivity index (χ0n) is 18.6. The first-order valence-electron chi connectivity index (χ1n) is 10.2. The Balaban J connectivity index is 2.05. The predicted molar refractivity (Wildman–Crippen MR) is 126 cm³/mol. The summed E-state index contributed by atoms with van der Waals surface area (Å²) in [5.41, 5.74) is 2.51. The number of hydrogen-bond donors (Lipinski definition) is 1. The van der Waals surface area contributed by atoms with Gasteiger partial charge in [-0.25, -0.2) is 12.7 Å². The van der Waals surface area contributed by atoms with E-state index >= 15 is 0 Å². The Labute approximate surface area is 193 Å².